The number of rotatable bonds is 5. The molecular formula is C14H21N5O. The number of aryl methyl sites for hydroxylation is 1. The van der Waals surface area contributed by atoms with Crippen LogP contribution >= 0.6 is 0 Å². The number of nitrogens with two attached hydrogens (primary N) is 1. The number of hydrogen-bond donors (Lipinski definition) is 1. The topological polar surface area (TPSA) is 88.1 Å². The maximum absolute atomic E-state index is 8.96. The van der Waals surface area contributed by atoms with E-state index in [1.54, 1.807) is 6.07 Å². The minimum atomic E-state index is 0.304. The van der Waals surface area contributed by atoms with Crippen LogP contribution < -0.4 is 10.6 Å². The van der Waals surface area contributed by atoms with Gasteiger partial charge in [-0.25, -0.2) is 9.97 Å². The van der Waals surface area contributed by atoms with Crippen LogP contribution in [0, 0.1) is 18.3 Å². The maximum Gasteiger partial charge on any atom is 0.226 e. The van der Waals surface area contributed by atoms with E-state index in [4.69, 9.17) is 15.7 Å². The van der Waals surface area contributed by atoms with Gasteiger partial charge in [0, 0.05) is 25.4 Å². The maximum atomic E-state index is 8.96. The number of piperidine rings is 1. The number of nitriles is 1. The first kappa shape index (κ1) is 14.7. The normalized spacial score (nSPS) is 16.1. The van der Waals surface area contributed by atoms with Gasteiger partial charge in [-0.1, -0.05) is 0 Å². The Morgan fingerprint density at radius 1 is 1.45 bits per heavy atom. The molecule has 108 valence electrons. The Morgan fingerprint density at radius 2 is 2.20 bits per heavy atom. The number of hydrogen-bond acceptors (Lipinski definition) is 6. The third kappa shape index (κ3) is 3.89. The van der Waals surface area contributed by atoms with Gasteiger partial charge in [0.25, 0.3) is 0 Å². The summed E-state index contributed by atoms with van der Waals surface area (Å²) >= 11 is 0. The average molecular weight is 275 g/mol. The van der Waals surface area contributed by atoms with Crippen molar-refractivity contribution in [3.63, 3.8) is 0 Å². The van der Waals surface area contributed by atoms with Crippen LogP contribution in [0.1, 0.15) is 30.7 Å². The van der Waals surface area contributed by atoms with Gasteiger partial charge in [0.2, 0.25) is 5.95 Å². The van der Waals surface area contributed by atoms with Crippen LogP contribution in [0.2, 0.25) is 0 Å². The van der Waals surface area contributed by atoms with Crippen molar-refractivity contribution >= 4 is 5.95 Å². The zero-order chi connectivity index (χ0) is 14.4. The van der Waals surface area contributed by atoms with Gasteiger partial charge in [0.05, 0.1) is 6.10 Å². The standard InChI is InChI=1S/C14H21N5O/c1-11-9-12(10-16)18-14(17-11)19-6-3-13(4-7-19)20-8-2-5-15/h9,13H,2-8,15H2,1H3. The molecule has 1 aliphatic heterocycles. The second kappa shape index (κ2) is 7.17. The minimum absolute atomic E-state index is 0.304. The van der Waals surface area contributed by atoms with Gasteiger partial charge in [-0.15, -0.1) is 0 Å². The quantitative estimate of drug-likeness (QED) is 0.806. The molecule has 6 heteroatoms. The molecule has 1 aromatic heterocycles. The number of aromatic nitrogens is 2. The van der Waals surface area contributed by atoms with Crippen LogP contribution in [0.25, 0.3) is 0 Å². The summed E-state index contributed by atoms with van der Waals surface area (Å²) < 4.78 is 5.78. The van der Waals surface area contributed by atoms with Gasteiger partial charge in [-0.05, 0) is 38.8 Å². The summed E-state index contributed by atoms with van der Waals surface area (Å²) in [6.07, 6.45) is 3.14. The predicted molar refractivity (Wildman–Crippen MR) is 76.3 cm³/mol. The van der Waals surface area contributed by atoms with Crippen LogP contribution in [-0.4, -0.2) is 42.3 Å². The van der Waals surface area contributed by atoms with E-state index in [0.717, 1.165) is 44.7 Å². The van der Waals surface area contributed by atoms with Crippen LogP contribution in [0.5, 0.6) is 0 Å². The predicted octanol–water partition coefficient (Wildman–Crippen LogP) is 0.991. The molecule has 0 bridgehead atoms. The SMILES string of the molecule is Cc1cc(C#N)nc(N2CCC(OCCCN)CC2)n1. The lowest BCUT2D eigenvalue weighted by atomic mass is 10.1. The van der Waals surface area contributed by atoms with Gasteiger partial charge in [0.15, 0.2) is 0 Å². The Hall–Kier alpha value is -1.71. The van der Waals surface area contributed by atoms with E-state index in [1.165, 1.54) is 0 Å². The molecule has 1 aliphatic rings. The summed E-state index contributed by atoms with van der Waals surface area (Å²) in [5.74, 6) is 0.655. The molecule has 1 saturated heterocycles. The molecule has 0 aromatic carbocycles. The Kier molecular flexibility index (Phi) is 5.27. The monoisotopic (exact) mass is 275 g/mol. The molecule has 20 heavy (non-hydrogen) atoms. The van der Waals surface area contributed by atoms with Crippen molar-refractivity contribution in [3.05, 3.63) is 17.5 Å². The van der Waals surface area contributed by atoms with Crippen molar-refractivity contribution in [2.75, 3.05) is 31.1 Å². The van der Waals surface area contributed by atoms with Crippen molar-refractivity contribution in [2.24, 2.45) is 5.73 Å². The highest BCUT2D eigenvalue weighted by atomic mass is 16.5. The summed E-state index contributed by atoms with van der Waals surface area (Å²) in [5, 5.41) is 8.96. The van der Waals surface area contributed by atoms with Crippen molar-refractivity contribution in [3.8, 4) is 6.07 Å². The molecule has 1 aromatic rings. The average Bonchev–Trinajstić information content (AvgIpc) is 2.47. The lowest BCUT2D eigenvalue weighted by Gasteiger charge is -2.32. The first-order valence-corrected chi connectivity index (χ1v) is 7.05. The lowest BCUT2D eigenvalue weighted by Crippen LogP contribution is -2.38. The van der Waals surface area contributed by atoms with Crippen molar-refractivity contribution in [1.29, 1.82) is 5.26 Å². The number of nitrogens with zero attached hydrogens (tertiary/aromatic N) is 4. The zero-order valence-electron chi connectivity index (χ0n) is 11.9. The second-order valence-electron chi connectivity index (χ2n) is 5.01. The van der Waals surface area contributed by atoms with Gasteiger partial charge >= 0.3 is 0 Å². The molecule has 0 amide bonds. The molecule has 0 radical (unpaired) electrons. The fourth-order valence-electron chi connectivity index (χ4n) is 2.31. The highest BCUT2D eigenvalue weighted by molar-refractivity contribution is 5.36. The van der Waals surface area contributed by atoms with Crippen LogP contribution in [0.15, 0.2) is 6.07 Å². The van der Waals surface area contributed by atoms with Crippen molar-refractivity contribution < 1.29 is 4.74 Å². The summed E-state index contributed by atoms with van der Waals surface area (Å²) in [6, 6.07) is 3.78. The molecule has 1 fully saturated rings. The van der Waals surface area contributed by atoms with E-state index >= 15 is 0 Å². The number of ether oxygens (including phenoxy) is 1. The van der Waals surface area contributed by atoms with Gasteiger partial charge in [-0.3, -0.25) is 0 Å². The third-order valence-corrected chi connectivity index (χ3v) is 3.38. The molecule has 0 spiro atoms. The van der Waals surface area contributed by atoms with Gasteiger partial charge in [0.1, 0.15) is 11.8 Å². The lowest BCUT2D eigenvalue weighted by molar-refractivity contribution is 0.0364. The summed E-state index contributed by atoms with van der Waals surface area (Å²) in [7, 11) is 0. The number of anilines is 1. The molecule has 0 unspecified atom stereocenters. The largest absolute Gasteiger partial charge is 0.378 e. The van der Waals surface area contributed by atoms with E-state index in [1.807, 2.05) is 6.92 Å². The molecule has 0 aliphatic carbocycles. The Morgan fingerprint density at radius 3 is 2.85 bits per heavy atom. The second-order valence-corrected chi connectivity index (χ2v) is 5.01. The Bertz CT molecular complexity index is 477. The first-order valence-electron chi connectivity index (χ1n) is 7.05. The summed E-state index contributed by atoms with van der Waals surface area (Å²) in [5.41, 5.74) is 6.70. The van der Waals surface area contributed by atoms with Crippen molar-refractivity contribution in [1.82, 2.24) is 9.97 Å². The highest BCUT2D eigenvalue weighted by Gasteiger charge is 2.21. The Labute approximate surface area is 119 Å². The summed E-state index contributed by atoms with van der Waals surface area (Å²) in [6.45, 7) is 5.02. The molecule has 6 nitrogen and oxygen atoms in total. The molecule has 0 atom stereocenters. The molecule has 2 N–H and O–H groups in total. The zero-order valence-corrected chi connectivity index (χ0v) is 11.9. The van der Waals surface area contributed by atoms with E-state index in [-0.39, 0.29) is 0 Å². The Balaban J connectivity index is 1.90. The summed E-state index contributed by atoms with van der Waals surface area (Å²) in [4.78, 5) is 10.8. The molecule has 2 heterocycles. The van der Waals surface area contributed by atoms with Crippen LogP contribution in [0.3, 0.4) is 0 Å². The first-order chi connectivity index (χ1) is 9.72. The van der Waals surface area contributed by atoms with E-state index in [2.05, 4.69) is 20.9 Å². The van der Waals surface area contributed by atoms with Crippen molar-refractivity contribution in [2.45, 2.75) is 32.3 Å². The fraction of sp³-hybridized carbons (Fsp3) is 0.643. The van der Waals surface area contributed by atoms with E-state index in [9.17, 15) is 0 Å². The fourth-order valence-corrected chi connectivity index (χ4v) is 2.31. The van der Waals surface area contributed by atoms with Crippen LogP contribution in [-0.2, 0) is 4.74 Å². The molecular weight excluding hydrogens is 254 g/mol. The smallest absolute Gasteiger partial charge is 0.226 e. The minimum Gasteiger partial charge on any atom is -0.378 e. The highest BCUT2D eigenvalue weighted by Crippen LogP contribution is 2.19. The van der Waals surface area contributed by atoms with Gasteiger partial charge < -0.3 is 15.4 Å². The van der Waals surface area contributed by atoms with E-state index in [0.29, 0.717) is 24.3 Å². The molecule has 2 rings (SSSR count). The third-order valence-electron chi connectivity index (χ3n) is 3.38. The van der Waals surface area contributed by atoms with E-state index < -0.39 is 0 Å². The van der Waals surface area contributed by atoms with Crippen LogP contribution in [0.4, 0.5) is 5.95 Å². The van der Waals surface area contributed by atoms with Gasteiger partial charge in [-0.2, -0.15) is 5.26 Å². The molecule has 0 saturated carbocycles.